The third-order valence-electron chi connectivity index (χ3n) is 3.89. The lowest BCUT2D eigenvalue weighted by Gasteiger charge is -2.37. The van der Waals surface area contributed by atoms with Gasteiger partial charge in [0.1, 0.15) is 0 Å². The largest absolute Gasteiger partial charge is 0.471 e. The van der Waals surface area contributed by atoms with Gasteiger partial charge in [-0.1, -0.05) is 25.4 Å². The van der Waals surface area contributed by atoms with Crippen molar-refractivity contribution in [2.75, 3.05) is 36.4 Å². The first kappa shape index (κ1) is 19.4. The summed E-state index contributed by atoms with van der Waals surface area (Å²) in [5, 5.41) is 2.09. The molecule has 0 aromatic heterocycles. The molecule has 2 rings (SSSR count). The van der Waals surface area contributed by atoms with Gasteiger partial charge in [0.25, 0.3) is 0 Å². The lowest BCUT2D eigenvalue weighted by Crippen LogP contribution is -2.50. The summed E-state index contributed by atoms with van der Waals surface area (Å²) in [5.41, 5.74) is 0.442. The molecule has 25 heavy (non-hydrogen) atoms. The normalized spacial score (nSPS) is 15.5. The zero-order valence-electron chi connectivity index (χ0n) is 13.9. The Labute approximate surface area is 148 Å². The van der Waals surface area contributed by atoms with Crippen molar-refractivity contribution in [3.63, 3.8) is 0 Å². The van der Waals surface area contributed by atoms with Crippen LogP contribution in [-0.4, -0.2) is 49.1 Å². The Morgan fingerprint density at radius 2 is 1.76 bits per heavy atom. The zero-order chi connectivity index (χ0) is 18.8. The van der Waals surface area contributed by atoms with Crippen LogP contribution in [0, 0.1) is 5.92 Å². The quantitative estimate of drug-likeness (QED) is 0.880. The second-order valence-electron chi connectivity index (χ2n) is 6.08. The Balaban J connectivity index is 2.15. The third kappa shape index (κ3) is 4.78. The van der Waals surface area contributed by atoms with Crippen molar-refractivity contribution in [3.8, 4) is 0 Å². The van der Waals surface area contributed by atoms with Gasteiger partial charge in [0.05, 0.1) is 11.4 Å². The predicted octanol–water partition coefficient (Wildman–Crippen LogP) is 3.15. The summed E-state index contributed by atoms with van der Waals surface area (Å²) in [6.07, 6.45) is -4.98. The van der Waals surface area contributed by atoms with Crippen LogP contribution in [0.4, 0.5) is 24.5 Å². The second kappa shape index (κ2) is 7.51. The highest BCUT2D eigenvalue weighted by Gasteiger charge is 2.39. The molecule has 1 aromatic rings. The summed E-state index contributed by atoms with van der Waals surface area (Å²) < 4.78 is 37.6. The molecule has 1 N–H and O–H groups in total. The molecule has 1 aliphatic rings. The number of nitrogens with one attached hydrogen (secondary N) is 1. The number of carbonyl (C=O) groups is 2. The van der Waals surface area contributed by atoms with Crippen LogP contribution in [0.25, 0.3) is 0 Å². The number of benzene rings is 1. The number of halogens is 4. The molecule has 9 heteroatoms. The van der Waals surface area contributed by atoms with Gasteiger partial charge in [-0.05, 0) is 18.2 Å². The van der Waals surface area contributed by atoms with E-state index >= 15 is 0 Å². The van der Waals surface area contributed by atoms with Crippen molar-refractivity contribution in [2.45, 2.75) is 20.0 Å². The minimum absolute atomic E-state index is 0.00142. The Hall–Kier alpha value is -1.96. The Morgan fingerprint density at radius 1 is 1.16 bits per heavy atom. The van der Waals surface area contributed by atoms with E-state index in [0.717, 1.165) is 0 Å². The van der Waals surface area contributed by atoms with Gasteiger partial charge >= 0.3 is 12.1 Å². The first-order valence-electron chi connectivity index (χ1n) is 7.81. The average molecular weight is 378 g/mol. The number of hydrogen-bond acceptors (Lipinski definition) is 3. The van der Waals surface area contributed by atoms with Crippen LogP contribution < -0.4 is 10.2 Å². The van der Waals surface area contributed by atoms with E-state index < -0.39 is 12.1 Å². The number of alkyl halides is 3. The molecule has 0 bridgehead atoms. The fraction of sp³-hybridized carbons (Fsp3) is 0.500. The lowest BCUT2D eigenvalue weighted by atomic mass is 10.1. The van der Waals surface area contributed by atoms with Crippen molar-refractivity contribution < 1.29 is 22.8 Å². The molecule has 5 nitrogen and oxygen atoms in total. The molecule has 0 radical (unpaired) electrons. The lowest BCUT2D eigenvalue weighted by molar-refractivity contribution is -0.167. The molecule has 138 valence electrons. The van der Waals surface area contributed by atoms with E-state index in [1.165, 1.54) is 6.07 Å². The maximum absolute atomic E-state index is 12.5. The van der Waals surface area contributed by atoms with Crippen LogP contribution in [-0.2, 0) is 9.59 Å². The van der Waals surface area contributed by atoms with Crippen LogP contribution in [0.3, 0.4) is 0 Å². The SMILES string of the molecule is CC(C)C(=O)N1CCN(c2ccc(Cl)cc2NC(=O)C(F)(F)F)CC1. The predicted molar refractivity (Wildman–Crippen MR) is 89.8 cm³/mol. The Kier molecular flexibility index (Phi) is 5.82. The second-order valence-corrected chi connectivity index (χ2v) is 6.52. The van der Waals surface area contributed by atoms with E-state index in [2.05, 4.69) is 0 Å². The van der Waals surface area contributed by atoms with Crippen LogP contribution in [0.5, 0.6) is 0 Å². The van der Waals surface area contributed by atoms with Crippen LogP contribution in [0.2, 0.25) is 5.02 Å². The fourth-order valence-electron chi connectivity index (χ4n) is 2.61. The molecule has 1 aromatic carbocycles. The highest BCUT2D eigenvalue weighted by Crippen LogP contribution is 2.31. The van der Waals surface area contributed by atoms with Crippen molar-refractivity contribution >= 4 is 34.8 Å². The van der Waals surface area contributed by atoms with Crippen molar-refractivity contribution in [1.82, 2.24) is 4.90 Å². The topological polar surface area (TPSA) is 52.7 Å². The first-order chi connectivity index (χ1) is 11.6. The molecule has 1 saturated heterocycles. The molecule has 0 saturated carbocycles. The summed E-state index contributed by atoms with van der Waals surface area (Å²) in [6.45, 7) is 5.47. The monoisotopic (exact) mass is 377 g/mol. The molecule has 2 amide bonds. The fourth-order valence-corrected chi connectivity index (χ4v) is 2.78. The van der Waals surface area contributed by atoms with Crippen LogP contribution in [0.15, 0.2) is 18.2 Å². The number of carbonyl (C=O) groups excluding carboxylic acids is 2. The average Bonchev–Trinajstić information content (AvgIpc) is 2.53. The van der Waals surface area contributed by atoms with Gasteiger partial charge in [0.15, 0.2) is 0 Å². The van der Waals surface area contributed by atoms with E-state index in [-0.39, 0.29) is 22.5 Å². The van der Waals surface area contributed by atoms with E-state index in [9.17, 15) is 22.8 Å². The summed E-state index contributed by atoms with van der Waals surface area (Å²) in [4.78, 5) is 26.8. The highest BCUT2D eigenvalue weighted by molar-refractivity contribution is 6.31. The molecule has 1 fully saturated rings. The van der Waals surface area contributed by atoms with Gasteiger partial charge < -0.3 is 15.1 Å². The van der Waals surface area contributed by atoms with Crippen LogP contribution >= 0.6 is 11.6 Å². The van der Waals surface area contributed by atoms with Gasteiger partial charge in [0.2, 0.25) is 5.91 Å². The summed E-state index contributed by atoms with van der Waals surface area (Å²) >= 11 is 5.85. The van der Waals surface area contributed by atoms with Gasteiger partial charge in [-0.2, -0.15) is 13.2 Å². The van der Waals surface area contributed by atoms with Gasteiger partial charge in [-0.3, -0.25) is 9.59 Å². The molecule has 1 heterocycles. The smallest absolute Gasteiger partial charge is 0.366 e. The number of nitrogens with zero attached hydrogens (tertiary/aromatic N) is 2. The number of hydrogen-bond donors (Lipinski definition) is 1. The number of amides is 2. The molecule has 1 aliphatic heterocycles. The van der Waals surface area contributed by atoms with Crippen molar-refractivity contribution in [2.24, 2.45) is 5.92 Å². The number of piperazine rings is 1. The number of anilines is 2. The Morgan fingerprint density at radius 3 is 2.28 bits per heavy atom. The summed E-state index contributed by atoms with van der Waals surface area (Å²) in [5.74, 6) is -2.12. The minimum Gasteiger partial charge on any atom is -0.366 e. The summed E-state index contributed by atoms with van der Waals surface area (Å²) in [7, 11) is 0. The standard InChI is InChI=1S/C16H19ClF3N3O2/c1-10(2)14(24)23-7-5-22(6-8-23)13-4-3-11(17)9-12(13)21-15(25)16(18,19)20/h3-4,9-10H,5-8H2,1-2H3,(H,21,25). The molecule has 0 atom stereocenters. The first-order valence-corrected chi connectivity index (χ1v) is 8.19. The van der Waals surface area contributed by atoms with Gasteiger partial charge in [-0.15, -0.1) is 0 Å². The van der Waals surface area contributed by atoms with E-state index in [1.807, 2.05) is 24.1 Å². The van der Waals surface area contributed by atoms with Gasteiger partial charge in [0, 0.05) is 37.1 Å². The molecule has 0 spiro atoms. The molecular formula is C16H19ClF3N3O2. The van der Waals surface area contributed by atoms with E-state index in [1.54, 1.807) is 17.0 Å². The Bertz CT molecular complexity index is 657. The molecule has 0 unspecified atom stereocenters. The highest BCUT2D eigenvalue weighted by atomic mass is 35.5. The van der Waals surface area contributed by atoms with Crippen molar-refractivity contribution in [3.05, 3.63) is 23.2 Å². The van der Waals surface area contributed by atoms with Crippen LogP contribution in [0.1, 0.15) is 13.8 Å². The van der Waals surface area contributed by atoms with Gasteiger partial charge in [-0.25, -0.2) is 0 Å². The minimum atomic E-state index is -4.98. The van der Waals surface area contributed by atoms with E-state index in [4.69, 9.17) is 11.6 Å². The maximum Gasteiger partial charge on any atom is 0.471 e. The van der Waals surface area contributed by atoms with Crippen molar-refractivity contribution in [1.29, 1.82) is 0 Å². The molecule has 0 aliphatic carbocycles. The maximum atomic E-state index is 12.5. The number of rotatable bonds is 3. The summed E-state index contributed by atoms with van der Waals surface area (Å²) in [6, 6.07) is 4.40. The molecular weight excluding hydrogens is 359 g/mol. The zero-order valence-corrected chi connectivity index (χ0v) is 14.6. The van der Waals surface area contributed by atoms with E-state index in [0.29, 0.717) is 31.9 Å². The third-order valence-corrected chi connectivity index (χ3v) is 4.13.